The number of benzene rings is 2. The van der Waals surface area contributed by atoms with Crippen molar-refractivity contribution in [2.75, 3.05) is 18.1 Å². The largest absolute Gasteiger partial charge is 0.396 e. The highest BCUT2D eigenvalue weighted by Gasteiger charge is 2.13. The van der Waals surface area contributed by atoms with Crippen LogP contribution in [0, 0.1) is 0 Å². The van der Waals surface area contributed by atoms with E-state index in [-0.39, 0.29) is 12.7 Å². The Bertz CT molecular complexity index is 544. The second kappa shape index (κ2) is 10.8. The third-order valence-corrected chi connectivity index (χ3v) is 4.21. The Morgan fingerprint density at radius 2 is 1.42 bits per heavy atom. The zero-order valence-electron chi connectivity index (χ0n) is 14.3. The molecule has 24 heavy (non-hydrogen) atoms. The molecule has 0 aliphatic heterocycles. The Kier molecular flexibility index (Phi) is 8.36. The predicted octanol–water partition coefficient (Wildman–Crippen LogP) is 4.00. The first-order valence-electron chi connectivity index (χ1n) is 8.92. The molecular formula is C21H29NO2. The molecule has 1 atom stereocenters. The van der Waals surface area contributed by atoms with Gasteiger partial charge in [0.2, 0.25) is 0 Å². The Balaban J connectivity index is 1.91. The van der Waals surface area contributed by atoms with Crippen LogP contribution in [-0.4, -0.2) is 29.5 Å². The highest BCUT2D eigenvalue weighted by molar-refractivity contribution is 5.46. The van der Waals surface area contributed by atoms with E-state index in [0.29, 0.717) is 6.54 Å². The van der Waals surface area contributed by atoms with Gasteiger partial charge in [-0.15, -0.1) is 0 Å². The van der Waals surface area contributed by atoms with Crippen molar-refractivity contribution >= 4 is 5.69 Å². The minimum atomic E-state index is -0.331. The lowest BCUT2D eigenvalue weighted by Crippen LogP contribution is -2.32. The van der Waals surface area contributed by atoms with Gasteiger partial charge >= 0.3 is 0 Å². The van der Waals surface area contributed by atoms with Crippen LogP contribution in [0.15, 0.2) is 60.7 Å². The minimum absolute atomic E-state index is 0.265. The average Bonchev–Trinajstić information content (AvgIpc) is 2.62. The van der Waals surface area contributed by atoms with E-state index in [1.807, 2.05) is 24.3 Å². The van der Waals surface area contributed by atoms with Gasteiger partial charge in [-0.25, -0.2) is 0 Å². The van der Waals surface area contributed by atoms with Crippen LogP contribution < -0.4 is 4.90 Å². The van der Waals surface area contributed by atoms with E-state index in [0.717, 1.165) is 44.3 Å². The molecule has 2 aromatic rings. The fraction of sp³-hybridized carbons (Fsp3) is 0.429. The molecule has 0 saturated heterocycles. The lowest BCUT2D eigenvalue weighted by atomic mass is 10.1. The number of hydrogen-bond acceptors (Lipinski definition) is 3. The monoisotopic (exact) mass is 327 g/mol. The van der Waals surface area contributed by atoms with Crippen molar-refractivity contribution < 1.29 is 10.2 Å². The maximum Gasteiger partial charge on any atom is 0.0715 e. The Labute approximate surface area is 145 Å². The van der Waals surface area contributed by atoms with E-state index < -0.39 is 0 Å². The van der Waals surface area contributed by atoms with Crippen molar-refractivity contribution in [3.05, 3.63) is 66.2 Å². The van der Waals surface area contributed by atoms with Gasteiger partial charge in [0.15, 0.2) is 0 Å². The van der Waals surface area contributed by atoms with E-state index in [1.165, 1.54) is 5.56 Å². The van der Waals surface area contributed by atoms with Crippen molar-refractivity contribution in [1.82, 2.24) is 0 Å². The smallest absolute Gasteiger partial charge is 0.0715 e. The summed E-state index contributed by atoms with van der Waals surface area (Å²) in [7, 11) is 0. The van der Waals surface area contributed by atoms with Gasteiger partial charge in [-0.3, -0.25) is 0 Å². The van der Waals surface area contributed by atoms with Gasteiger partial charge in [0.25, 0.3) is 0 Å². The molecule has 2 aromatic carbocycles. The van der Waals surface area contributed by atoms with Crippen LogP contribution in [0.4, 0.5) is 5.69 Å². The number of aliphatic hydroxyl groups excluding tert-OH is 2. The highest BCUT2D eigenvalue weighted by atomic mass is 16.3. The molecule has 2 N–H and O–H groups in total. The molecule has 0 bridgehead atoms. The average molecular weight is 327 g/mol. The molecule has 0 amide bonds. The Morgan fingerprint density at radius 1 is 0.792 bits per heavy atom. The molecule has 0 aromatic heterocycles. The van der Waals surface area contributed by atoms with Gasteiger partial charge in [-0.05, 0) is 30.5 Å². The van der Waals surface area contributed by atoms with Gasteiger partial charge in [-0.2, -0.15) is 0 Å². The molecule has 0 saturated carbocycles. The second-order valence-electron chi connectivity index (χ2n) is 6.28. The summed E-state index contributed by atoms with van der Waals surface area (Å²) in [6, 6.07) is 20.6. The maximum atomic E-state index is 10.4. The minimum Gasteiger partial charge on any atom is -0.396 e. The van der Waals surface area contributed by atoms with Gasteiger partial charge in [0.1, 0.15) is 0 Å². The number of aliphatic hydroxyl groups is 2. The summed E-state index contributed by atoms with van der Waals surface area (Å²) in [5.41, 5.74) is 2.39. The van der Waals surface area contributed by atoms with Crippen LogP contribution in [-0.2, 0) is 6.54 Å². The van der Waals surface area contributed by atoms with Crippen LogP contribution in [0.5, 0.6) is 0 Å². The third-order valence-electron chi connectivity index (χ3n) is 4.21. The summed E-state index contributed by atoms with van der Waals surface area (Å²) in [6.07, 6.45) is 4.46. The molecule has 3 heteroatoms. The normalized spacial score (nSPS) is 12.1. The number of rotatable bonds is 11. The van der Waals surface area contributed by atoms with E-state index in [1.54, 1.807) is 0 Å². The maximum absolute atomic E-state index is 10.4. The van der Waals surface area contributed by atoms with Crippen LogP contribution in [0.25, 0.3) is 0 Å². The van der Waals surface area contributed by atoms with Crippen LogP contribution in [0.3, 0.4) is 0 Å². The van der Waals surface area contributed by atoms with Gasteiger partial charge in [-0.1, -0.05) is 67.8 Å². The fourth-order valence-electron chi connectivity index (χ4n) is 2.89. The molecule has 2 rings (SSSR count). The molecule has 130 valence electrons. The van der Waals surface area contributed by atoms with Crippen molar-refractivity contribution in [1.29, 1.82) is 0 Å². The van der Waals surface area contributed by atoms with Crippen LogP contribution in [0.2, 0.25) is 0 Å². The molecule has 0 heterocycles. The van der Waals surface area contributed by atoms with Crippen LogP contribution >= 0.6 is 0 Å². The van der Waals surface area contributed by atoms with E-state index in [9.17, 15) is 5.11 Å². The van der Waals surface area contributed by atoms with Gasteiger partial charge in [0.05, 0.1) is 6.10 Å². The molecule has 0 aliphatic carbocycles. The number of hydrogen-bond donors (Lipinski definition) is 2. The SMILES string of the molecule is OCCCCCCC(O)CN(Cc1ccccc1)c1ccccc1. The topological polar surface area (TPSA) is 43.7 Å². The molecule has 0 radical (unpaired) electrons. The lowest BCUT2D eigenvalue weighted by molar-refractivity contribution is 0.165. The number of anilines is 1. The van der Waals surface area contributed by atoms with Crippen molar-refractivity contribution in [3.63, 3.8) is 0 Å². The third kappa shape index (κ3) is 6.73. The number of para-hydroxylation sites is 1. The first-order valence-corrected chi connectivity index (χ1v) is 8.92. The lowest BCUT2D eigenvalue weighted by Gasteiger charge is -2.27. The Hall–Kier alpha value is -1.84. The van der Waals surface area contributed by atoms with Crippen molar-refractivity contribution in [3.8, 4) is 0 Å². The first-order chi connectivity index (χ1) is 11.8. The Morgan fingerprint density at radius 3 is 2.08 bits per heavy atom. The van der Waals surface area contributed by atoms with Gasteiger partial charge < -0.3 is 15.1 Å². The zero-order valence-corrected chi connectivity index (χ0v) is 14.3. The zero-order chi connectivity index (χ0) is 17.0. The summed E-state index contributed by atoms with van der Waals surface area (Å²) in [5, 5.41) is 19.2. The summed E-state index contributed by atoms with van der Waals surface area (Å²) >= 11 is 0. The van der Waals surface area contributed by atoms with Gasteiger partial charge in [0, 0.05) is 25.4 Å². The molecule has 0 fully saturated rings. The van der Waals surface area contributed by atoms with Crippen molar-refractivity contribution in [2.45, 2.75) is 44.8 Å². The molecule has 1 unspecified atom stereocenters. The molecule has 0 spiro atoms. The quantitative estimate of drug-likeness (QED) is 0.613. The predicted molar refractivity (Wildman–Crippen MR) is 100 cm³/mol. The molecule has 0 aliphatic rings. The second-order valence-corrected chi connectivity index (χ2v) is 6.28. The summed E-state index contributed by atoms with van der Waals surface area (Å²) in [5.74, 6) is 0. The number of unbranched alkanes of at least 4 members (excludes halogenated alkanes) is 3. The van der Waals surface area contributed by atoms with E-state index >= 15 is 0 Å². The van der Waals surface area contributed by atoms with E-state index in [4.69, 9.17) is 5.11 Å². The molecule has 3 nitrogen and oxygen atoms in total. The molecular weight excluding hydrogens is 298 g/mol. The summed E-state index contributed by atoms with van der Waals surface area (Å²) in [6.45, 7) is 1.70. The fourth-order valence-corrected chi connectivity index (χ4v) is 2.89. The summed E-state index contributed by atoms with van der Waals surface area (Å²) in [4.78, 5) is 2.24. The standard InChI is InChI=1S/C21H29NO2/c23-16-10-2-1-9-15-21(24)18-22(20-13-7-4-8-14-20)17-19-11-5-3-6-12-19/h3-8,11-14,21,23-24H,1-2,9-10,15-18H2. The van der Waals surface area contributed by atoms with Crippen LogP contribution in [0.1, 0.15) is 37.7 Å². The summed E-state index contributed by atoms with van der Waals surface area (Å²) < 4.78 is 0. The van der Waals surface area contributed by atoms with Crippen molar-refractivity contribution in [2.24, 2.45) is 0 Å². The highest BCUT2D eigenvalue weighted by Crippen LogP contribution is 2.18. The van der Waals surface area contributed by atoms with E-state index in [2.05, 4.69) is 41.3 Å². The first kappa shape index (κ1) is 18.5. The number of nitrogens with zero attached hydrogens (tertiary/aromatic N) is 1.